The maximum atomic E-state index is 12.4. The molecule has 1 amide bonds. The van der Waals surface area contributed by atoms with Gasteiger partial charge in [0.2, 0.25) is 0 Å². The van der Waals surface area contributed by atoms with E-state index in [4.69, 9.17) is 5.73 Å². The predicted molar refractivity (Wildman–Crippen MR) is 76.8 cm³/mol. The first kappa shape index (κ1) is 15.7. The maximum Gasteiger partial charge on any atom is 0.254 e. The molecule has 1 atom stereocenters. The Bertz CT molecular complexity index is 476. The van der Waals surface area contributed by atoms with Crippen molar-refractivity contribution in [1.82, 2.24) is 4.90 Å². The number of hydrogen-bond acceptors (Lipinski definition) is 3. The number of nitrogens with two attached hydrogens (primary N) is 1. The van der Waals surface area contributed by atoms with Gasteiger partial charge < -0.3 is 10.6 Å². The number of nitrogens with zero attached hydrogens (tertiary/aromatic N) is 1. The van der Waals surface area contributed by atoms with E-state index in [0.717, 1.165) is 13.0 Å². The van der Waals surface area contributed by atoms with E-state index in [1.165, 1.54) is 6.92 Å². The number of carbonyl (C=O) groups is 2. The van der Waals surface area contributed by atoms with Crippen molar-refractivity contribution in [3.05, 3.63) is 35.4 Å². The van der Waals surface area contributed by atoms with Crippen LogP contribution in [0.15, 0.2) is 24.3 Å². The Hall–Kier alpha value is -1.39. The summed E-state index contributed by atoms with van der Waals surface area (Å²) in [5, 5.41) is 0. The van der Waals surface area contributed by atoms with Gasteiger partial charge in [-0.15, -0.1) is 12.4 Å². The van der Waals surface area contributed by atoms with Crippen LogP contribution in [0.1, 0.15) is 34.1 Å². The van der Waals surface area contributed by atoms with Crippen LogP contribution in [0.2, 0.25) is 0 Å². The Kier molecular flexibility index (Phi) is 5.51. The Morgan fingerprint density at radius 3 is 2.47 bits per heavy atom. The second kappa shape index (κ2) is 6.68. The summed E-state index contributed by atoms with van der Waals surface area (Å²) in [5.41, 5.74) is 6.62. The fourth-order valence-corrected chi connectivity index (χ4v) is 2.36. The molecule has 19 heavy (non-hydrogen) atoms. The molecule has 0 bridgehead atoms. The third kappa shape index (κ3) is 3.33. The van der Waals surface area contributed by atoms with Gasteiger partial charge in [0.05, 0.1) is 5.56 Å². The summed E-state index contributed by atoms with van der Waals surface area (Å²) in [7, 11) is 0. The summed E-state index contributed by atoms with van der Waals surface area (Å²) in [6.07, 6.45) is 0.949. The molecule has 1 aliphatic heterocycles. The van der Waals surface area contributed by atoms with Crippen molar-refractivity contribution in [3.8, 4) is 0 Å². The molecule has 2 N–H and O–H groups in total. The van der Waals surface area contributed by atoms with E-state index in [0.29, 0.717) is 30.1 Å². The minimum Gasteiger partial charge on any atom is -0.338 e. The molecule has 1 aromatic carbocycles. The molecule has 0 spiro atoms. The first-order chi connectivity index (χ1) is 8.63. The molecule has 1 aromatic rings. The van der Waals surface area contributed by atoms with Crippen LogP contribution in [0.5, 0.6) is 0 Å². The summed E-state index contributed by atoms with van der Waals surface area (Å²) in [5.74, 6) is 0.253. The Labute approximate surface area is 119 Å². The third-order valence-electron chi connectivity index (χ3n) is 3.44. The number of hydrogen-bond donors (Lipinski definition) is 1. The molecular weight excluding hydrogens is 264 g/mol. The number of carbonyl (C=O) groups excluding carboxylic acids is 2. The molecule has 1 aliphatic rings. The van der Waals surface area contributed by atoms with Gasteiger partial charge in [-0.05, 0) is 31.9 Å². The van der Waals surface area contributed by atoms with Crippen LogP contribution in [0.3, 0.4) is 0 Å². The van der Waals surface area contributed by atoms with Crippen LogP contribution in [0.4, 0.5) is 0 Å². The number of benzene rings is 1. The first-order valence-corrected chi connectivity index (χ1v) is 6.22. The highest BCUT2D eigenvalue weighted by molar-refractivity contribution is 6.07. The van der Waals surface area contributed by atoms with E-state index in [2.05, 4.69) is 0 Å². The van der Waals surface area contributed by atoms with Gasteiger partial charge in [0.25, 0.3) is 5.91 Å². The average molecular weight is 283 g/mol. The summed E-state index contributed by atoms with van der Waals surface area (Å²) in [4.78, 5) is 25.7. The highest BCUT2D eigenvalue weighted by Crippen LogP contribution is 2.19. The molecule has 0 aromatic heterocycles. The number of Topliss-reactive ketones (excluding diaryl/α,β-unsaturated/α-hetero) is 1. The molecule has 104 valence electrons. The van der Waals surface area contributed by atoms with Gasteiger partial charge in [0.1, 0.15) is 0 Å². The summed E-state index contributed by atoms with van der Waals surface area (Å²) < 4.78 is 0. The molecule has 0 radical (unpaired) electrons. The second-order valence-corrected chi connectivity index (χ2v) is 4.74. The lowest BCUT2D eigenvalue weighted by Gasteiger charge is -2.17. The Morgan fingerprint density at radius 2 is 1.95 bits per heavy atom. The van der Waals surface area contributed by atoms with Crippen molar-refractivity contribution in [3.63, 3.8) is 0 Å². The summed E-state index contributed by atoms with van der Waals surface area (Å²) >= 11 is 0. The molecule has 1 unspecified atom stereocenters. The SMILES string of the molecule is CC(=O)c1ccccc1C(=O)N1CCC(CN)C1.Cl. The minimum absolute atomic E-state index is 0. The van der Waals surface area contributed by atoms with E-state index in [9.17, 15) is 9.59 Å². The van der Waals surface area contributed by atoms with E-state index in [-0.39, 0.29) is 24.1 Å². The molecule has 1 heterocycles. The van der Waals surface area contributed by atoms with Crippen LogP contribution in [0.25, 0.3) is 0 Å². The van der Waals surface area contributed by atoms with Crippen LogP contribution >= 0.6 is 12.4 Å². The van der Waals surface area contributed by atoms with Crippen LogP contribution < -0.4 is 5.73 Å². The predicted octanol–water partition coefficient (Wildman–Crippen LogP) is 1.73. The lowest BCUT2D eigenvalue weighted by Crippen LogP contribution is -2.30. The molecule has 1 saturated heterocycles. The summed E-state index contributed by atoms with van der Waals surface area (Å²) in [6, 6.07) is 6.98. The van der Waals surface area contributed by atoms with Gasteiger partial charge in [-0.25, -0.2) is 0 Å². The topological polar surface area (TPSA) is 63.4 Å². The van der Waals surface area contributed by atoms with E-state index in [1.807, 2.05) is 0 Å². The van der Waals surface area contributed by atoms with Crippen molar-refractivity contribution in [2.24, 2.45) is 11.7 Å². The monoisotopic (exact) mass is 282 g/mol. The van der Waals surface area contributed by atoms with Crippen molar-refractivity contribution >= 4 is 24.1 Å². The number of halogens is 1. The highest BCUT2D eigenvalue weighted by atomic mass is 35.5. The van der Waals surface area contributed by atoms with Crippen molar-refractivity contribution in [1.29, 1.82) is 0 Å². The van der Waals surface area contributed by atoms with E-state index in [1.54, 1.807) is 29.2 Å². The normalized spacial score (nSPS) is 18.0. The van der Waals surface area contributed by atoms with Gasteiger partial charge >= 0.3 is 0 Å². The van der Waals surface area contributed by atoms with Crippen molar-refractivity contribution in [2.45, 2.75) is 13.3 Å². The van der Waals surface area contributed by atoms with E-state index < -0.39 is 0 Å². The molecule has 0 aliphatic carbocycles. The van der Waals surface area contributed by atoms with Crippen molar-refractivity contribution < 1.29 is 9.59 Å². The molecule has 5 heteroatoms. The smallest absolute Gasteiger partial charge is 0.254 e. The van der Waals surface area contributed by atoms with Crippen molar-refractivity contribution in [2.75, 3.05) is 19.6 Å². The fraction of sp³-hybridized carbons (Fsp3) is 0.429. The van der Waals surface area contributed by atoms with Crippen LogP contribution in [-0.4, -0.2) is 36.2 Å². The van der Waals surface area contributed by atoms with Gasteiger partial charge in [-0.1, -0.05) is 18.2 Å². The quantitative estimate of drug-likeness (QED) is 0.859. The Morgan fingerprint density at radius 1 is 1.32 bits per heavy atom. The number of rotatable bonds is 3. The van der Waals surface area contributed by atoms with Gasteiger partial charge in [-0.2, -0.15) is 0 Å². The number of amides is 1. The molecule has 4 nitrogen and oxygen atoms in total. The molecular formula is C14H19ClN2O2. The molecule has 0 saturated carbocycles. The van der Waals surface area contributed by atoms with Crippen LogP contribution in [-0.2, 0) is 0 Å². The molecule has 2 rings (SSSR count). The summed E-state index contributed by atoms with van der Waals surface area (Å²) in [6.45, 7) is 3.52. The standard InChI is InChI=1S/C14H18N2O2.ClH/c1-10(17)12-4-2-3-5-13(12)14(18)16-7-6-11(8-15)9-16;/h2-5,11H,6-9,15H2,1H3;1H. The van der Waals surface area contributed by atoms with Crippen LogP contribution in [0, 0.1) is 5.92 Å². The lowest BCUT2D eigenvalue weighted by molar-refractivity contribution is 0.0782. The van der Waals surface area contributed by atoms with Gasteiger partial charge in [0.15, 0.2) is 5.78 Å². The zero-order valence-corrected chi connectivity index (χ0v) is 11.8. The minimum atomic E-state index is -0.0754. The second-order valence-electron chi connectivity index (χ2n) is 4.74. The average Bonchev–Trinajstić information content (AvgIpc) is 2.86. The largest absolute Gasteiger partial charge is 0.338 e. The van der Waals surface area contributed by atoms with Gasteiger partial charge in [0, 0.05) is 18.7 Å². The zero-order valence-electron chi connectivity index (χ0n) is 11.0. The number of likely N-dealkylation sites (tertiary alicyclic amines) is 1. The van der Waals surface area contributed by atoms with E-state index >= 15 is 0 Å². The molecule has 1 fully saturated rings. The van der Waals surface area contributed by atoms with Gasteiger partial charge in [-0.3, -0.25) is 9.59 Å². The maximum absolute atomic E-state index is 12.4. The number of ketones is 1. The Balaban J connectivity index is 0.00000180. The first-order valence-electron chi connectivity index (χ1n) is 6.22. The lowest BCUT2D eigenvalue weighted by atomic mass is 10.0. The zero-order chi connectivity index (χ0) is 13.1. The fourth-order valence-electron chi connectivity index (χ4n) is 2.36. The highest BCUT2D eigenvalue weighted by Gasteiger charge is 2.27. The third-order valence-corrected chi connectivity index (χ3v) is 3.44.